The molecule has 2 aromatic carbocycles. The van der Waals surface area contributed by atoms with Crippen molar-refractivity contribution in [2.24, 2.45) is 0 Å². The number of carbonyl (C=O) groups is 1. The molecule has 3 rings (SSSR count). The van der Waals surface area contributed by atoms with Crippen LogP contribution in [0.1, 0.15) is 30.6 Å². The second kappa shape index (κ2) is 8.11. The molecule has 0 bridgehead atoms. The molecule has 1 amide bonds. The molecule has 4 nitrogen and oxygen atoms in total. The van der Waals surface area contributed by atoms with Gasteiger partial charge in [-0.1, -0.05) is 67.6 Å². The van der Waals surface area contributed by atoms with E-state index in [1.54, 1.807) is 18.3 Å². The molecule has 126 valence electrons. The molecule has 0 aliphatic rings. The Bertz CT molecular complexity index is 763. The first kappa shape index (κ1) is 16.7. The third-order valence-electron chi connectivity index (χ3n) is 3.78. The van der Waals surface area contributed by atoms with Crippen molar-refractivity contribution in [1.29, 1.82) is 0 Å². The number of hydrogen-bond donors (Lipinski definition) is 1. The first-order valence-electron chi connectivity index (χ1n) is 8.28. The quantitative estimate of drug-likeness (QED) is 0.718. The van der Waals surface area contributed by atoms with Gasteiger partial charge in [0.25, 0.3) is 0 Å². The molecule has 1 aromatic heterocycles. The summed E-state index contributed by atoms with van der Waals surface area (Å²) < 4.78 is 6.15. The van der Waals surface area contributed by atoms with Crippen LogP contribution in [0.2, 0.25) is 0 Å². The van der Waals surface area contributed by atoms with Gasteiger partial charge in [0.05, 0.1) is 11.9 Å². The van der Waals surface area contributed by atoms with Crippen molar-refractivity contribution < 1.29 is 9.53 Å². The van der Waals surface area contributed by atoms with E-state index >= 15 is 0 Å². The van der Waals surface area contributed by atoms with Crippen molar-refractivity contribution >= 4 is 11.6 Å². The fourth-order valence-corrected chi connectivity index (χ4v) is 2.48. The van der Waals surface area contributed by atoms with Gasteiger partial charge >= 0.3 is 0 Å². The number of carbonyl (C=O) groups excluding carboxylic acids is 1. The average Bonchev–Trinajstić information content (AvgIpc) is 2.68. The van der Waals surface area contributed by atoms with E-state index in [4.69, 9.17) is 4.74 Å². The monoisotopic (exact) mass is 332 g/mol. The summed E-state index contributed by atoms with van der Waals surface area (Å²) in [5.41, 5.74) is 2.77. The van der Waals surface area contributed by atoms with Crippen LogP contribution in [-0.2, 0) is 4.79 Å². The zero-order valence-electron chi connectivity index (χ0n) is 14.1. The number of hydrogen-bond acceptors (Lipinski definition) is 3. The van der Waals surface area contributed by atoms with E-state index in [2.05, 4.69) is 10.3 Å². The fourth-order valence-electron chi connectivity index (χ4n) is 2.48. The summed E-state index contributed by atoms with van der Waals surface area (Å²) in [6, 6.07) is 23.6. The molecule has 25 heavy (non-hydrogen) atoms. The number of anilines is 1. The van der Waals surface area contributed by atoms with E-state index < -0.39 is 0 Å². The lowest BCUT2D eigenvalue weighted by Gasteiger charge is -2.19. The number of rotatable bonds is 6. The van der Waals surface area contributed by atoms with Gasteiger partial charge in [-0.2, -0.15) is 0 Å². The molecule has 0 unspecified atom stereocenters. The van der Waals surface area contributed by atoms with Gasteiger partial charge in [-0.15, -0.1) is 0 Å². The first-order valence-corrected chi connectivity index (χ1v) is 8.28. The Balaban J connectivity index is 1.82. The van der Waals surface area contributed by atoms with Crippen LogP contribution >= 0.6 is 0 Å². The zero-order chi connectivity index (χ0) is 17.5. The van der Waals surface area contributed by atoms with Crippen molar-refractivity contribution in [3.8, 4) is 5.88 Å². The van der Waals surface area contributed by atoms with Crippen molar-refractivity contribution in [3.05, 3.63) is 90.1 Å². The van der Waals surface area contributed by atoms with Crippen LogP contribution in [0.5, 0.6) is 5.88 Å². The van der Waals surface area contributed by atoms with E-state index in [1.165, 1.54) is 0 Å². The lowest BCUT2D eigenvalue weighted by molar-refractivity contribution is -0.115. The van der Waals surface area contributed by atoms with Crippen molar-refractivity contribution in [3.63, 3.8) is 0 Å². The van der Waals surface area contributed by atoms with E-state index in [-0.39, 0.29) is 12.0 Å². The van der Waals surface area contributed by atoms with Gasteiger partial charge in [0, 0.05) is 12.5 Å². The summed E-state index contributed by atoms with van der Waals surface area (Å²) in [4.78, 5) is 15.8. The topological polar surface area (TPSA) is 51.2 Å². The normalized spacial score (nSPS) is 10.5. The molecule has 0 radical (unpaired) electrons. The number of benzene rings is 2. The number of nitrogens with one attached hydrogen (secondary N) is 1. The highest BCUT2D eigenvalue weighted by Gasteiger charge is 2.16. The first-order chi connectivity index (χ1) is 12.3. The molecule has 4 heteroatoms. The molecule has 3 aromatic rings. The predicted octanol–water partition coefficient (Wildman–Crippen LogP) is 4.60. The van der Waals surface area contributed by atoms with Crippen LogP contribution in [0.25, 0.3) is 0 Å². The maximum atomic E-state index is 11.4. The Morgan fingerprint density at radius 2 is 1.56 bits per heavy atom. The van der Waals surface area contributed by atoms with E-state index in [0.717, 1.165) is 11.1 Å². The van der Waals surface area contributed by atoms with E-state index in [0.29, 0.717) is 18.0 Å². The molecule has 0 atom stereocenters. The highest BCUT2D eigenvalue weighted by atomic mass is 16.5. The van der Waals surface area contributed by atoms with Gasteiger partial charge in [0.2, 0.25) is 11.8 Å². The minimum Gasteiger partial charge on any atom is -0.465 e. The zero-order valence-corrected chi connectivity index (χ0v) is 14.1. The second-order valence-corrected chi connectivity index (χ2v) is 5.61. The van der Waals surface area contributed by atoms with Crippen LogP contribution < -0.4 is 10.1 Å². The molecule has 1 heterocycles. The summed E-state index contributed by atoms with van der Waals surface area (Å²) in [5, 5.41) is 2.78. The second-order valence-electron chi connectivity index (χ2n) is 5.61. The third-order valence-corrected chi connectivity index (χ3v) is 3.78. The maximum Gasteiger partial charge on any atom is 0.224 e. The van der Waals surface area contributed by atoms with Crippen LogP contribution in [0.4, 0.5) is 5.69 Å². The number of aromatic nitrogens is 1. The summed E-state index contributed by atoms with van der Waals surface area (Å²) in [6.07, 6.45) is 1.80. The van der Waals surface area contributed by atoms with Crippen molar-refractivity contribution in [1.82, 2.24) is 4.98 Å². The predicted molar refractivity (Wildman–Crippen MR) is 98.5 cm³/mol. The van der Waals surface area contributed by atoms with Crippen LogP contribution in [0.3, 0.4) is 0 Å². The van der Waals surface area contributed by atoms with Crippen molar-refractivity contribution in [2.75, 3.05) is 5.32 Å². The summed E-state index contributed by atoms with van der Waals surface area (Å²) >= 11 is 0. The highest BCUT2D eigenvalue weighted by molar-refractivity contribution is 5.90. The Kier molecular flexibility index (Phi) is 5.42. The SMILES string of the molecule is CCC(=O)Nc1ccc(OC(c2ccccc2)c2ccccc2)nc1. The van der Waals surface area contributed by atoms with Gasteiger partial charge in [0.15, 0.2) is 6.10 Å². The van der Waals surface area contributed by atoms with Gasteiger partial charge in [-0.3, -0.25) is 4.79 Å². The molecule has 0 aliphatic heterocycles. The Morgan fingerprint density at radius 3 is 2.04 bits per heavy atom. The molecule has 0 aliphatic carbocycles. The number of ether oxygens (including phenoxy) is 1. The molecular weight excluding hydrogens is 312 g/mol. The van der Waals surface area contributed by atoms with Crippen molar-refractivity contribution in [2.45, 2.75) is 19.4 Å². The van der Waals surface area contributed by atoms with Crippen LogP contribution in [-0.4, -0.2) is 10.9 Å². The standard InChI is InChI=1S/C21H20N2O2/c1-2-19(24)23-18-13-14-20(22-15-18)25-21(16-9-5-3-6-10-16)17-11-7-4-8-12-17/h3-15,21H,2H2,1H3,(H,23,24). The minimum absolute atomic E-state index is 0.0399. The Morgan fingerprint density at radius 1 is 0.960 bits per heavy atom. The summed E-state index contributed by atoms with van der Waals surface area (Å²) in [7, 11) is 0. The average molecular weight is 332 g/mol. The Hall–Kier alpha value is -3.14. The molecule has 0 saturated carbocycles. The van der Waals surface area contributed by atoms with Gasteiger partial charge < -0.3 is 10.1 Å². The van der Waals surface area contributed by atoms with Gasteiger partial charge in [-0.05, 0) is 17.2 Å². The molecule has 0 fully saturated rings. The molecule has 0 spiro atoms. The summed E-state index contributed by atoms with van der Waals surface area (Å²) in [5.74, 6) is 0.467. The van der Waals surface area contributed by atoms with E-state index in [1.807, 2.05) is 67.6 Å². The van der Waals surface area contributed by atoms with Gasteiger partial charge in [0.1, 0.15) is 0 Å². The largest absolute Gasteiger partial charge is 0.465 e. The van der Waals surface area contributed by atoms with Crippen LogP contribution in [0.15, 0.2) is 79.0 Å². The lowest BCUT2D eigenvalue weighted by Crippen LogP contribution is -2.11. The third kappa shape index (κ3) is 4.44. The molecular formula is C21H20N2O2. The van der Waals surface area contributed by atoms with Crippen LogP contribution in [0, 0.1) is 0 Å². The fraction of sp³-hybridized carbons (Fsp3) is 0.143. The van der Waals surface area contributed by atoms with E-state index in [9.17, 15) is 4.79 Å². The highest BCUT2D eigenvalue weighted by Crippen LogP contribution is 2.27. The lowest BCUT2D eigenvalue weighted by atomic mass is 10.0. The molecule has 1 N–H and O–H groups in total. The molecule has 0 saturated heterocycles. The minimum atomic E-state index is -0.244. The number of nitrogens with zero attached hydrogens (tertiary/aromatic N) is 1. The summed E-state index contributed by atoms with van der Waals surface area (Å²) in [6.45, 7) is 1.81. The number of amides is 1. The Labute approximate surface area is 147 Å². The smallest absolute Gasteiger partial charge is 0.224 e. The maximum absolute atomic E-state index is 11.4. The number of pyridine rings is 1. The van der Waals surface area contributed by atoms with Gasteiger partial charge in [-0.25, -0.2) is 4.98 Å².